The second-order valence-corrected chi connectivity index (χ2v) is 7.84. The van der Waals surface area contributed by atoms with Crippen LogP contribution in [0.1, 0.15) is 58.0 Å². The van der Waals surface area contributed by atoms with Crippen LogP contribution in [-0.4, -0.2) is 33.4 Å². The zero-order valence-electron chi connectivity index (χ0n) is 15.8. The largest absolute Gasteiger partial charge is 0.462 e. The van der Waals surface area contributed by atoms with Crippen molar-refractivity contribution in [2.24, 2.45) is 5.73 Å². The molecule has 4 N–H and O–H groups in total. The van der Waals surface area contributed by atoms with Gasteiger partial charge in [0.15, 0.2) is 10.8 Å². The van der Waals surface area contributed by atoms with Crippen molar-refractivity contribution in [1.82, 2.24) is 9.78 Å². The van der Waals surface area contributed by atoms with Gasteiger partial charge in [-0.05, 0) is 57.3 Å². The van der Waals surface area contributed by atoms with Crippen LogP contribution in [0.3, 0.4) is 0 Å². The summed E-state index contributed by atoms with van der Waals surface area (Å²) in [7, 11) is 0. The highest BCUT2D eigenvalue weighted by Gasteiger charge is 2.27. The van der Waals surface area contributed by atoms with E-state index in [1.54, 1.807) is 17.8 Å². The first-order valence-corrected chi connectivity index (χ1v) is 10.4. The number of nitrogens with two attached hydrogens (primary N) is 1. The van der Waals surface area contributed by atoms with E-state index in [4.69, 9.17) is 22.7 Å². The maximum absolute atomic E-state index is 12.5. The van der Waals surface area contributed by atoms with Crippen molar-refractivity contribution in [2.45, 2.75) is 46.1 Å². The number of hydrogen-bond acceptors (Lipinski definition) is 6. The van der Waals surface area contributed by atoms with Crippen LogP contribution < -0.4 is 16.4 Å². The molecule has 0 spiro atoms. The van der Waals surface area contributed by atoms with Crippen molar-refractivity contribution in [3.05, 3.63) is 27.9 Å². The summed E-state index contributed by atoms with van der Waals surface area (Å²) in [5.74, 6) is -0.986. The van der Waals surface area contributed by atoms with Crippen molar-refractivity contribution >= 4 is 51.2 Å². The van der Waals surface area contributed by atoms with E-state index in [1.807, 2.05) is 6.92 Å². The van der Waals surface area contributed by atoms with E-state index in [1.165, 1.54) is 16.2 Å². The number of carbonyl (C=O) groups is 2. The lowest BCUT2D eigenvalue weighted by atomic mass is 9.95. The Bertz CT molecular complexity index is 919. The summed E-state index contributed by atoms with van der Waals surface area (Å²) in [6.07, 6.45) is 5.63. The zero-order valence-corrected chi connectivity index (χ0v) is 17.5. The zero-order chi connectivity index (χ0) is 20.3. The molecule has 10 heteroatoms. The summed E-state index contributed by atoms with van der Waals surface area (Å²) >= 11 is 6.93. The number of amides is 1. The highest BCUT2D eigenvalue weighted by Crippen LogP contribution is 2.38. The number of esters is 1. The number of fused-ring (bicyclic) bond motifs is 1. The third kappa shape index (κ3) is 4.17. The molecule has 0 radical (unpaired) electrons. The molecular formula is C18H23N5O3S2. The number of nitrogens with one attached hydrogen (secondary N) is 2. The van der Waals surface area contributed by atoms with Gasteiger partial charge in [-0.15, -0.1) is 11.3 Å². The standard InChI is InChI=1S/C18H23N5O3S2/c1-3-23-9-11(14(22-23)15(19)24)20-18(27)21-16-13(17(25)26-4-2)10-7-5-6-8-12(10)28-16/h9H,3-8H2,1-2H3,(H2,19,24)(H2,20,21,27). The Morgan fingerprint density at radius 2 is 2.07 bits per heavy atom. The molecule has 2 aromatic rings. The van der Waals surface area contributed by atoms with Crippen molar-refractivity contribution in [3.8, 4) is 0 Å². The Morgan fingerprint density at radius 1 is 1.32 bits per heavy atom. The lowest BCUT2D eigenvalue weighted by Gasteiger charge is -2.13. The first-order chi connectivity index (χ1) is 13.4. The van der Waals surface area contributed by atoms with Gasteiger partial charge in [-0.3, -0.25) is 9.48 Å². The van der Waals surface area contributed by atoms with Crippen molar-refractivity contribution in [3.63, 3.8) is 0 Å². The van der Waals surface area contributed by atoms with Crippen LogP contribution in [0.2, 0.25) is 0 Å². The molecule has 0 aromatic carbocycles. The van der Waals surface area contributed by atoms with Gasteiger partial charge in [0.1, 0.15) is 5.00 Å². The summed E-state index contributed by atoms with van der Waals surface area (Å²) < 4.78 is 6.85. The van der Waals surface area contributed by atoms with Gasteiger partial charge in [-0.2, -0.15) is 5.10 Å². The Kier molecular flexibility index (Phi) is 6.30. The minimum absolute atomic E-state index is 0.113. The fourth-order valence-corrected chi connectivity index (χ4v) is 4.75. The maximum atomic E-state index is 12.5. The van der Waals surface area contributed by atoms with Gasteiger partial charge in [-0.1, -0.05) is 0 Å². The van der Waals surface area contributed by atoms with Crippen LogP contribution >= 0.6 is 23.6 Å². The number of nitrogens with zero attached hydrogens (tertiary/aromatic N) is 2. The molecule has 0 fully saturated rings. The number of aromatic nitrogens is 2. The van der Waals surface area contributed by atoms with Crippen molar-refractivity contribution in [2.75, 3.05) is 17.2 Å². The van der Waals surface area contributed by atoms with Gasteiger partial charge < -0.3 is 21.1 Å². The number of carbonyl (C=O) groups excluding carboxylic acids is 2. The average Bonchev–Trinajstić information content (AvgIpc) is 3.22. The molecule has 150 valence electrons. The van der Waals surface area contributed by atoms with Gasteiger partial charge in [-0.25, -0.2) is 4.79 Å². The predicted molar refractivity (Wildman–Crippen MR) is 113 cm³/mol. The Balaban J connectivity index is 1.84. The van der Waals surface area contributed by atoms with Gasteiger partial charge >= 0.3 is 5.97 Å². The summed E-state index contributed by atoms with van der Waals surface area (Å²) in [6.45, 7) is 4.59. The Morgan fingerprint density at radius 3 is 2.75 bits per heavy atom. The third-order valence-corrected chi connectivity index (χ3v) is 5.86. The van der Waals surface area contributed by atoms with E-state index in [0.29, 0.717) is 29.4 Å². The minimum Gasteiger partial charge on any atom is -0.462 e. The Hall–Kier alpha value is -2.46. The quantitative estimate of drug-likeness (QED) is 0.486. The highest BCUT2D eigenvalue weighted by molar-refractivity contribution is 7.80. The topological polar surface area (TPSA) is 111 Å². The molecule has 2 heterocycles. The summed E-state index contributed by atoms with van der Waals surface area (Å²) in [6, 6.07) is 0. The predicted octanol–water partition coefficient (Wildman–Crippen LogP) is 2.93. The summed E-state index contributed by atoms with van der Waals surface area (Å²) in [5, 5.41) is 11.1. The van der Waals surface area contributed by atoms with Crippen LogP contribution in [0.5, 0.6) is 0 Å². The van der Waals surface area contributed by atoms with Crippen LogP contribution in [0.15, 0.2) is 6.20 Å². The molecule has 0 saturated heterocycles. The molecule has 2 aromatic heterocycles. The number of ether oxygens (including phenoxy) is 1. The molecule has 3 rings (SSSR count). The first-order valence-electron chi connectivity index (χ1n) is 9.21. The van der Waals surface area contributed by atoms with Gasteiger partial charge in [0.2, 0.25) is 0 Å². The van der Waals surface area contributed by atoms with E-state index in [9.17, 15) is 9.59 Å². The minimum atomic E-state index is -0.642. The molecule has 1 aliphatic rings. The van der Waals surface area contributed by atoms with E-state index < -0.39 is 5.91 Å². The molecule has 28 heavy (non-hydrogen) atoms. The van der Waals surface area contributed by atoms with Gasteiger partial charge in [0, 0.05) is 17.6 Å². The Labute approximate surface area is 172 Å². The molecule has 8 nitrogen and oxygen atoms in total. The molecule has 0 aliphatic heterocycles. The number of thiophene rings is 1. The maximum Gasteiger partial charge on any atom is 0.341 e. The lowest BCUT2D eigenvalue weighted by Crippen LogP contribution is -2.22. The second-order valence-electron chi connectivity index (χ2n) is 6.33. The molecule has 1 aliphatic carbocycles. The summed E-state index contributed by atoms with van der Waals surface area (Å²) in [5.41, 5.74) is 7.54. The van der Waals surface area contributed by atoms with E-state index >= 15 is 0 Å². The normalized spacial score (nSPS) is 12.9. The number of hydrogen-bond donors (Lipinski definition) is 3. The fraction of sp³-hybridized carbons (Fsp3) is 0.444. The van der Waals surface area contributed by atoms with Crippen LogP contribution in [0.25, 0.3) is 0 Å². The highest BCUT2D eigenvalue weighted by atomic mass is 32.1. The number of thiocarbonyl (C=S) groups is 1. The fourth-order valence-electron chi connectivity index (χ4n) is 3.19. The van der Waals surface area contributed by atoms with Gasteiger partial charge in [0.05, 0.1) is 17.9 Å². The second kappa shape index (κ2) is 8.70. The van der Waals surface area contributed by atoms with Crippen molar-refractivity contribution in [1.29, 1.82) is 0 Å². The molecule has 0 saturated carbocycles. The molecular weight excluding hydrogens is 398 g/mol. The van der Waals surface area contributed by atoms with Crippen LogP contribution in [0.4, 0.5) is 10.7 Å². The molecule has 0 atom stereocenters. The van der Waals surface area contributed by atoms with Crippen LogP contribution in [-0.2, 0) is 24.1 Å². The SMILES string of the molecule is CCOC(=O)c1c(NC(=S)Nc2cn(CC)nc2C(N)=O)sc2c1CCCC2. The first kappa shape index (κ1) is 20.3. The number of aryl methyl sites for hydroxylation is 2. The smallest absolute Gasteiger partial charge is 0.341 e. The van der Waals surface area contributed by atoms with Crippen molar-refractivity contribution < 1.29 is 14.3 Å². The molecule has 0 bridgehead atoms. The number of primary amides is 1. The van der Waals surface area contributed by atoms with Crippen LogP contribution in [0, 0.1) is 0 Å². The van der Waals surface area contributed by atoms with E-state index in [2.05, 4.69) is 15.7 Å². The van der Waals surface area contributed by atoms with Gasteiger partial charge in [0.25, 0.3) is 5.91 Å². The molecule has 0 unspecified atom stereocenters. The average molecular weight is 422 g/mol. The summed E-state index contributed by atoms with van der Waals surface area (Å²) in [4.78, 5) is 25.3. The number of rotatable bonds is 6. The third-order valence-electron chi connectivity index (χ3n) is 4.45. The lowest BCUT2D eigenvalue weighted by molar-refractivity contribution is 0.0526. The number of anilines is 2. The van der Waals surface area contributed by atoms with E-state index in [-0.39, 0.29) is 16.8 Å². The van der Waals surface area contributed by atoms with E-state index in [0.717, 1.165) is 31.2 Å². The monoisotopic (exact) mass is 421 g/mol. The molecule has 1 amide bonds.